The second kappa shape index (κ2) is 5.73. The van der Waals surface area contributed by atoms with E-state index in [1.54, 1.807) is 7.11 Å². The first-order chi connectivity index (χ1) is 6.77. The molecule has 1 aromatic rings. The summed E-state index contributed by atoms with van der Waals surface area (Å²) in [7, 11) is 1.60. The van der Waals surface area contributed by atoms with E-state index in [9.17, 15) is 0 Å². The van der Waals surface area contributed by atoms with Crippen LogP contribution in [-0.2, 0) is 0 Å². The van der Waals surface area contributed by atoms with E-state index in [1.807, 2.05) is 18.2 Å². The Hall–Kier alpha value is -0.930. The fourth-order valence-electron chi connectivity index (χ4n) is 1.10. The van der Waals surface area contributed by atoms with E-state index in [0.717, 1.165) is 18.7 Å². The van der Waals surface area contributed by atoms with Gasteiger partial charge in [-0.3, -0.25) is 0 Å². The van der Waals surface area contributed by atoms with Gasteiger partial charge in [0, 0.05) is 18.3 Å². The maximum atomic E-state index is 5.88. The highest BCUT2D eigenvalue weighted by Gasteiger charge is 2.00. The number of methoxy groups -OCH3 is 1. The number of anilines is 1. The highest BCUT2D eigenvalue weighted by molar-refractivity contribution is 6.32. The summed E-state index contributed by atoms with van der Waals surface area (Å²) in [5.41, 5.74) is 6.39. The summed E-state index contributed by atoms with van der Waals surface area (Å²) in [5.74, 6) is 0.685. The molecule has 0 atom stereocenters. The van der Waals surface area contributed by atoms with Crippen LogP contribution in [0.1, 0.15) is 6.42 Å². The van der Waals surface area contributed by atoms with Crippen LogP contribution in [0.5, 0.6) is 5.75 Å². The molecule has 78 valence electrons. The zero-order valence-electron chi connectivity index (χ0n) is 8.22. The largest absolute Gasteiger partial charge is 0.495 e. The maximum absolute atomic E-state index is 5.88. The van der Waals surface area contributed by atoms with Crippen molar-refractivity contribution in [2.45, 2.75) is 6.42 Å². The molecule has 0 aliphatic rings. The van der Waals surface area contributed by atoms with E-state index in [1.165, 1.54) is 0 Å². The Labute approximate surface area is 89.2 Å². The van der Waals surface area contributed by atoms with Crippen molar-refractivity contribution in [3.8, 4) is 5.75 Å². The lowest BCUT2D eigenvalue weighted by atomic mass is 10.3. The first-order valence-electron chi connectivity index (χ1n) is 4.55. The lowest BCUT2D eigenvalue weighted by Gasteiger charge is -2.08. The quantitative estimate of drug-likeness (QED) is 0.739. The van der Waals surface area contributed by atoms with Crippen LogP contribution in [-0.4, -0.2) is 20.2 Å². The molecule has 3 N–H and O–H groups in total. The van der Waals surface area contributed by atoms with Gasteiger partial charge in [-0.05, 0) is 25.1 Å². The van der Waals surface area contributed by atoms with Gasteiger partial charge in [0.15, 0.2) is 0 Å². The van der Waals surface area contributed by atoms with Gasteiger partial charge < -0.3 is 15.8 Å². The summed E-state index contributed by atoms with van der Waals surface area (Å²) in [6.45, 7) is 1.55. The molecule has 1 rings (SSSR count). The third-order valence-corrected chi connectivity index (χ3v) is 2.17. The monoisotopic (exact) mass is 214 g/mol. The molecule has 0 radical (unpaired) electrons. The van der Waals surface area contributed by atoms with Crippen LogP contribution in [0.25, 0.3) is 0 Å². The van der Waals surface area contributed by atoms with Crippen molar-refractivity contribution in [3.05, 3.63) is 23.2 Å². The molecule has 0 saturated heterocycles. The SMILES string of the molecule is COc1cc(NCCCN)ccc1Cl. The molecule has 0 bridgehead atoms. The molecule has 3 nitrogen and oxygen atoms in total. The summed E-state index contributed by atoms with van der Waals surface area (Å²) >= 11 is 5.88. The molecule has 4 heteroatoms. The second-order valence-electron chi connectivity index (χ2n) is 2.92. The van der Waals surface area contributed by atoms with Crippen molar-refractivity contribution in [3.63, 3.8) is 0 Å². The van der Waals surface area contributed by atoms with Gasteiger partial charge in [-0.25, -0.2) is 0 Å². The van der Waals surface area contributed by atoms with Gasteiger partial charge in [-0.1, -0.05) is 11.6 Å². The van der Waals surface area contributed by atoms with Crippen LogP contribution in [0.3, 0.4) is 0 Å². The Bertz CT molecular complexity index is 291. The minimum atomic E-state index is 0.622. The number of halogens is 1. The molecular formula is C10H15ClN2O. The summed E-state index contributed by atoms with van der Waals surface area (Å²) < 4.78 is 5.10. The van der Waals surface area contributed by atoms with Crippen LogP contribution >= 0.6 is 11.6 Å². The summed E-state index contributed by atoms with van der Waals surface area (Å²) in [4.78, 5) is 0. The van der Waals surface area contributed by atoms with Crippen molar-refractivity contribution >= 4 is 17.3 Å². The molecule has 0 spiro atoms. The number of hydrogen-bond donors (Lipinski definition) is 2. The molecule has 0 saturated carbocycles. The van der Waals surface area contributed by atoms with Crippen molar-refractivity contribution in [2.75, 3.05) is 25.5 Å². The number of hydrogen-bond acceptors (Lipinski definition) is 3. The lowest BCUT2D eigenvalue weighted by molar-refractivity contribution is 0.415. The van der Waals surface area contributed by atoms with E-state index in [-0.39, 0.29) is 0 Å². The Morgan fingerprint density at radius 2 is 2.29 bits per heavy atom. The molecule has 0 unspecified atom stereocenters. The minimum Gasteiger partial charge on any atom is -0.495 e. The molecule has 0 fully saturated rings. The van der Waals surface area contributed by atoms with Crippen LogP contribution in [0.2, 0.25) is 5.02 Å². The first-order valence-corrected chi connectivity index (χ1v) is 4.93. The number of ether oxygens (including phenoxy) is 1. The average molecular weight is 215 g/mol. The summed E-state index contributed by atoms with van der Waals surface area (Å²) in [6.07, 6.45) is 0.949. The highest BCUT2D eigenvalue weighted by Crippen LogP contribution is 2.27. The van der Waals surface area contributed by atoms with Gasteiger partial charge >= 0.3 is 0 Å². The standard InChI is InChI=1S/C10H15ClN2O/c1-14-10-7-8(3-4-9(10)11)13-6-2-5-12/h3-4,7,13H,2,5-6,12H2,1H3. The fourth-order valence-corrected chi connectivity index (χ4v) is 1.30. The number of benzene rings is 1. The maximum Gasteiger partial charge on any atom is 0.139 e. The van der Waals surface area contributed by atoms with Gasteiger partial charge in [0.25, 0.3) is 0 Å². The highest BCUT2D eigenvalue weighted by atomic mass is 35.5. The zero-order chi connectivity index (χ0) is 10.4. The predicted octanol–water partition coefficient (Wildman–Crippen LogP) is 2.11. The van der Waals surface area contributed by atoms with Gasteiger partial charge in [0.05, 0.1) is 12.1 Å². The zero-order valence-corrected chi connectivity index (χ0v) is 8.97. The van der Waals surface area contributed by atoms with Gasteiger partial charge in [-0.2, -0.15) is 0 Å². The summed E-state index contributed by atoms with van der Waals surface area (Å²) in [5, 5.41) is 3.85. The van der Waals surface area contributed by atoms with Crippen molar-refractivity contribution in [1.29, 1.82) is 0 Å². The topological polar surface area (TPSA) is 47.3 Å². The van der Waals surface area contributed by atoms with Crippen LogP contribution in [0, 0.1) is 0 Å². The van der Waals surface area contributed by atoms with Crippen LogP contribution in [0.15, 0.2) is 18.2 Å². The molecule has 0 aliphatic carbocycles. The van der Waals surface area contributed by atoms with Crippen molar-refractivity contribution in [1.82, 2.24) is 0 Å². The van der Waals surface area contributed by atoms with Gasteiger partial charge in [-0.15, -0.1) is 0 Å². The Balaban J connectivity index is 2.60. The third kappa shape index (κ3) is 3.09. The second-order valence-corrected chi connectivity index (χ2v) is 3.33. The van der Waals surface area contributed by atoms with Crippen molar-refractivity contribution < 1.29 is 4.74 Å². The van der Waals surface area contributed by atoms with E-state index >= 15 is 0 Å². The van der Waals surface area contributed by atoms with E-state index in [2.05, 4.69) is 5.32 Å². The molecule has 14 heavy (non-hydrogen) atoms. The van der Waals surface area contributed by atoms with Gasteiger partial charge in [0.2, 0.25) is 0 Å². The fraction of sp³-hybridized carbons (Fsp3) is 0.400. The normalized spacial score (nSPS) is 9.93. The van der Waals surface area contributed by atoms with Crippen LogP contribution < -0.4 is 15.8 Å². The number of nitrogens with two attached hydrogens (primary N) is 1. The summed E-state index contributed by atoms with van der Waals surface area (Å²) in [6, 6.07) is 5.60. The molecule has 0 amide bonds. The Kier molecular flexibility index (Phi) is 4.56. The Morgan fingerprint density at radius 1 is 1.50 bits per heavy atom. The molecule has 0 aliphatic heterocycles. The number of rotatable bonds is 5. The Morgan fingerprint density at radius 3 is 2.93 bits per heavy atom. The molecule has 0 heterocycles. The van der Waals surface area contributed by atoms with Crippen molar-refractivity contribution in [2.24, 2.45) is 5.73 Å². The number of nitrogens with one attached hydrogen (secondary N) is 1. The lowest BCUT2D eigenvalue weighted by Crippen LogP contribution is -2.08. The molecular weight excluding hydrogens is 200 g/mol. The molecule has 1 aromatic carbocycles. The molecule has 0 aromatic heterocycles. The third-order valence-electron chi connectivity index (χ3n) is 1.86. The van der Waals surface area contributed by atoms with Gasteiger partial charge in [0.1, 0.15) is 5.75 Å². The first kappa shape index (κ1) is 11.1. The van der Waals surface area contributed by atoms with Crippen LogP contribution in [0.4, 0.5) is 5.69 Å². The smallest absolute Gasteiger partial charge is 0.139 e. The average Bonchev–Trinajstić information content (AvgIpc) is 2.21. The predicted molar refractivity (Wildman–Crippen MR) is 60.2 cm³/mol. The van der Waals surface area contributed by atoms with E-state index < -0.39 is 0 Å². The van der Waals surface area contributed by atoms with E-state index in [4.69, 9.17) is 22.1 Å². The van der Waals surface area contributed by atoms with E-state index in [0.29, 0.717) is 17.3 Å². The minimum absolute atomic E-state index is 0.622.